The van der Waals surface area contributed by atoms with Crippen LogP contribution >= 0.6 is 0 Å². The number of carbonyl (C=O) groups is 2. The summed E-state index contributed by atoms with van der Waals surface area (Å²) in [4.78, 5) is 21.7. The Balaban J connectivity index is 1.96. The number of para-hydroxylation sites is 1. The van der Waals surface area contributed by atoms with E-state index in [-0.39, 0.29) is 18.4 Å². The molecular formula is C13H15NO4. The first kappa shape index (κ1) is 12.4. The van der Waals surface area contributed by atoms with Crippen LogP contribution < -0.4 is 10.1 Å². The number of nitrogens with one attached hydrogen (secondary N) is 1. The van der Waals surface area contributed by atoms with E-state index in [2.05, 4.69) is 5.32 Å². The summed E-state index contributed by atoms with van der Waals surface area (Å²) in [7, 11) is 0. The van der Waals surface area contributed by atoms with Crippen LogP contribution in [-0.4, -0.2) is 29.6 Å². The van der Waals surface area contributed by atoms with E-state index in [1.54, 1.807) is 24.3 Å². The van der Waals surface area contributed by atoms with Crippen LogP contribution in [0, 0.1) is 0 Å². The van der Waals surface area contributed by atoms with Crippen LogP contribution in [0.1, 0.15) is 18.4 Å². The van der Waals surface area contributed by atoms with Crippen LogP contribution in [-0.2, 0) is 16.0 Å². The zero-order valence-corrected chi connectivity index (χ0v) is 9.89. The molecule has 1 saturated heterocycles. The van der Waals surface area contributed by atoms with Crippen LogP contribution in [0.5, 0.6) is 5.75 Å². The molecule has 0 spiro atoms. The van der Waals surface area contributed by atoms with Crippen molar-refractivity contribution >= 4 is 11.9 Å². The first-order valence-corrected chi connectivity index (χ1v) is 5.87. The molecule has 96 valence electrons. The van der Waals surface area contributed by atoms with Crippen LogP contribution in [0.25, 0.3) is 0 Å². The average Bonchev–Trinajstić information content (AvgIpc) is 2.73. The van der Waals surface area contributed by atoms with Crippen molar-refractivity contribution in [3.63, 3.8) is 0 Å². The van der Waals surface area contributed by atoms with Gasteiger partial charge in [-0.15, -0.1) is 0 Å². The highest BCUT2D eigenvalue weighted by Crippen LogP contribution is 2.19. The average molecular weight is 249 g/mol. The van der Waals surface area contributed by atoms with Crippen molar-refractivity contribution in [2.45, 2.75) is 25.3 Å². The molecule has 1 atom stereocenters. The summed E-state index contributed by atoms with van der Waals surface area (Å²) in [5.41, 5.74) is 0.648. The number of carboxylic acids is 1. The van der Waals surface area contributed by atoms with E-state index in [0.717, 1.165) is 6.42 Å². The molecule has 18 heavy (non-hydrogen) atoms. The molecule has 0 aliphatic carbocycles. The molecule has 0 radical (unpaired) electrons. The lowest BCUT2D eigenvalue weighted by Crippen LogP contribution is -2.31. The van der Waals surface area contributed by atoms with Crippen LogP contribution in [0.4, 0.5) is 0 Å². The summed E-state index contributed by atoms with van der Waals surface area (Å²) < 4.78 is 5.59. The van der Waals surface area contributed by atoms with Crippen molar-refractivity contribution in [3.8, 4) is 5.75 Å². The molecule has 1 aromatic rings. The van der Waals surface area contributed by atoms with Gasteiger partial charge in [0.2, 0.25) is 5.91 Å². The lowest BCUT2D eigenvalue weighted by atomic mass is 10.1. The van der Waals surface area contributed by atoms with E-state index < -0.39 is 5.97 Å². The molecule has 0 bridgehead atoms. The monoisotopic (exact) mass is 249 g/mol. The van der Waals surface area contributed by atoms with Crippen molar-refractivity contribution in [3.05, 3.63) is 29.8 Å². The van der Waals surface area contributed by atoms with Crippen LogP contribution in [0.15, 0.2) is 24.3 Å². The fourth-order valence-corrected chi connectivity index (χ4v) is 1.95. The quantitative estimate of drug-likeness (QED) is 0.815. The minimum atomic E-state index is -0.889. The Morgan fingerprint density at radius 2 is 2.22 bits per heavy atom. The highest BCUT2D eigenvalue weighted by molar-refractivity contribution is 5.78. The Hall–Kier alpha value is -2.04. The minimum absolute atomic E-state index is 0.0235. The maximum atomic E-state index is 11.0. The SMILES string of the molecule is O=C(O)Cc1ccccc1OCC1CCC(=O)N1. The van der Waals surface area contributed by atoms with Gasteiger partial charge in [0.15, 0.2) is 0 Å². The van der Waals surface area contributed by atoms with Gasteiger partial charge in [-0.05, 0) is 12.5 Å². The predicted octanol–water partition coefficient (Wildman–Crippen LogP) is 0.971. The maximum Gasteiger partial charge on any atom is 0.307 e. The summed E-state index contributed by atoms with van der Waals surface area (Å²) in [6.45, 7) is 0.377. The van der Waals surface area contributed by atoms with E-state index in [0.29, 0.717) is 24.3 Å². The van der Waals surface area contributed by atoms with Gasteiger partial charge in [-0.3, -0.25) is 9.59 Å². The summed E-state index contributed by atoms with van der Waals surface area (Å²) in [6.07, 6.45) is 1.23. The highest BCUT2D eigenvalue weighted by atomic mass is 16.5. The number of hydrogen-bond donors (Lipinski definition) is 2. The normalized spacial score (nSPS) is 18.4. The van der Waals surface area contributed by atoms with Crippen LogP contribution in [0.2, 0.25) is 0 Å². The molecule has 1 heterocycles. The number of carbonyl (C=O) groups excluding carboxylic acids is 1. The Labute approximate surface area is 105 Å². The molecule has 2 rings (SSSR count). The van der Waals surface area contributed by atoms with Gasteiger partial charge in [0.05, 0.1) is 12.5 Å². The summed E-state index contributed by atoms with van der Waals surface area (Å²) in [6, 6.07) is 7.08. The van der Waals surface area contributed by atoms with Gasteiger partial charge in [0.25, 0.3) is 0 Å². The topological polar surface area (TPSA) is 75.6 Å². The fourth-order valence-electron chi connectivity index (χ4n) is 1.95. The third-order valence-corrected chi connectivity index (χ3v) is 2.84. The van der Waals surface area contributed by atoms with Crippen molar-refractivity contribution in [2.75, 3.05) is 6.61 Å². The number of amides is 1. The first-order chi connectivity index (χ1) is 8.65. The molecular weight excluding hydrogens is 234 g/mol. The van der Waals surface area contributed by atoms with Gasteiger partial charge < -0.3 is 15.2 Å². The Bertz CT molecular complexity index is 458. The standard InChI is InChI=1S/C13H15NO4/c15-12-6-5-10(14-12)8-18-11-4-2-1-3-9(11)7-13(16)17/h1-4,10H,5-8H2,(H,14,15)(H,16,17). The van der Waals surface area contributed by atoms with Crippen molar-refractivity contribution in [2.24, 2.45) is 0 Å². The zero-order chi connectivity index (χ0) is 13.0. The van der Waals surface area contributed by atoms with Gasteiger partial charge in [-0.2, -0.15) is 0 Å². The number of hydrogen-bond acceptors (Lipinski definition) is 3. The van der Waals surface area contributed by atoms with E-state index in [1.165, 1.54) is 0 Å². The summed E-state index contributed by atoms with van der Waals surface area (Å²) >= 11 is 0. The van der Waals surface area contributed by atoms with E-state index >= 15 is 0 Å². The molecule has 1 aromatic carbocycles. The van der Waals surface area contributed by atoms with Crippen molar-refractivity contribution < 1.29 is 19.4 Å². The Morgan fingerprint density at radius 1 is 1.44 bits per heavy atom. The van der Waals surface area contributed by atoms with Gasteiger partial charge in [-0.1, -0.05) is 18.2 Å². The van der Waals surface area contributed by atoms with Crippen molar-refractivity contribution in [1.29, 1.82) is 0 Å². The van der Waals surface area contributed by atoms with Gasteiger partial charge in [-0.25, -0.2) is 0 Å². The molecule has 5 heteroatoms. The third-order valence-electron chi connectivity index (χ3n) is 2.84. The molecule has 0 aromatic heterocycles. The second kappa shape index (κ2) is 5.53. The Morgan fingerprint density at radius 3 is 2.89 bits per heavy atom. The number of ether oxygens (including phenoxy) is 1. The summed E-state index contributed by atoms with van der Waals surface area (Å²) in [5.74, 6) is -0.274. The van der Waals surface area contributed by atoms with Gasteiger partial charge >= 0.3 is 5.97 Å². The number of rotatable bonds is 5. The third kappa shape index (κ3) is 3.23. The first-order valence-electron chi connectivity index (χ1n) is 5.87. The van der Waals surface area contributed by atoms with Gasteiger partial charge in [0.1, 0.15) is 12.4 Å². The zero-order valence-electron chi connectivity index (χ0n) is 9.89. The molecule has 1 aliphatic heterocycles. The molecule has 1 unspecified atom stereocenters. The molecule has 2 N–H and O–H groups in total. The van der Waals surface area contributed by atoms with Gasteiger partial charge in [0, 0.05) is 12.0 Å². The maximum absolute atomic E-state index is 11.0. The van der Waals surface area contributed by atoms with Crippen molar-refractivity contribution in [1.82, 2.24) is 5.32 Å². The smallest absolute Gasteiger partial charge is 0.307 e. The predicted molar refractivity (Wildman–Crippen MR) is 64.4 cm³/mol. The number of carboxylic acid groups (broad SMARTS) is 1. The van der Waals surface area contributed by atoms with E-state index in [9.17, 15) is 9.59 Å². The second-order valence-corrected chi connectivity index (χ2v) is 4.29. The summed E-state index contributed by atoms with van der Waals surface area (Å²) in [5, 5.41) is 11.6. The molecule has 0 saturated carbocycles. The fraction of sp³-hybridized carbons (Fsp3) is 0.385. The lowest BCUT2D eigenvalue weighted by Gasteiger charge is -2.14. The molecule has 5 nitrogen and oxygen atoms in total. The molecule has 1 amide bonds. The molecule has 1 fully saturated rings. The number of benzene rings is 1. The lowest BCUT2D eigenvalue weighted by molar-refractivity contribution is -0.136. The highest BCUT2D eigenvalue weighted by Gasteiger charge is 2.21. The van der Waals surface area contributed by atoms with Crippen LogP contribution in [0.3, 0.4) is 0 Å². The minimum Gasteiger partial charge on any atom is -0.491 e. The molecule has 1 aliphatic rings. The second-order valence-electron chi connectivity index (χ2n) is 4.29. The number of aliphatic carboxylic acids is 1. The van der Waals surface area contributed by atoms with E-state index in [4.69, 9.17) is 9.84 Å². The Kier molecular flexibility index (Phi) is 3.82. The van der Waals surface area contributed by atoms with E-state index in [1.807, 2.05) is 0 Å². The largest absolute Gasteiger partial charge is 0.491 e.